The molecular weight excluding hydrogens is 296 g/mol. The van der Waals surface area contributed by atoms with E-state index in [1.807, 2.05) is 13.8 Å². The second-order valence-corrected chi connectivity index (χ2v) is 5.06. The van der Waals surface area contributed by atoms with Crippen molar-refractivity contribution in [3.8, 4) is 0 Å². The summed E-state index contributed by atoms with van der Waals surface area (Å²) >= 11 is 5.94. The first kappa shape index (κ1) is 17.5. The second kappa shape index (κ2) is 8.63. The SMILES string of the molecule is CCC(C)NC(=O)CCNc1cnn(CCO)c(=O)c1Cl. The first-order valence-corrected chi connectivity index (χ1v) is 7.27. The lowest BCUT2D eigenvalue weighted by Gasteiger charge is -2.12. The van der Waals surface area contributed by atoms with Crippen LogP contribution in [0.3, 0.4) is 0 Å². The highest BCUT2D eigenvalue weighted by Gasteiger charge is 2.10. The largest absolute Gasteiger partial charge is 0.394 e. The van der Waals surface area contributed by atoms with Gasteiger partial charge in [0.25, 0.3) is 5.56 Å². The molecule has 0 bridgehead atoms. The van der Waals surface area contributed by atoms with E-state index in [1.54, 1.807) is 0 Å². The van der Waals surface area contributed by atoms with Gasteiger partial charge in [-0.25, -0.2) is 4.68 Å². The molecule has 1 unspecified atom stereocenters. The molecular formula is C13H21ClN4O3. The van der Waals surface area contributed by atoms with Crippen molar-refractivity contribution >= 4 is 23.2 Å². The zero-order valence-corrected chi connectivity index (χ0v) is 13.0. The van der Waals surface area contributed by atoms with E-state index in [4.69, 9.17) is 16.7 Å². The third-order valence-electron chi connectivity index (χ3n) is 2.98. The molecule has 0 radical (unpaired) electrons. The van der Waals surface area contributed by atoms with Crippen molar-refractivity contribution in [2.45, 2.75) is 39.3 Å². The van der Waals surface area contributed by atoms with Crippen LogP contribution in [0, 0.1) is 0 Å². The predicted octanol–water partition coefficient (Wildman–Crippen LogP) is 0.606. The number of carbonyl (C=O) groups excluding carboxylic acids is 1. The molecule has 1 atom stereocenters. The highest BCUT2D eigenvalue weighted by molar-refractivity contribution is 6.32. The number of aliphatic hydroxyl groups is 1. The number of anilines is 1. The Kier molecular flexibility index (Phi) is 7.18. The Bertz CT molecular complexity index is 533. The fourth-order valence-corrected chi connectivity index (χ4v) is 1.82. The molecule has 1 aromatic heterocycles. The number of hydrogen-bond donors (Lipinski definition) is 3. The minimum Gasteiger partial charge on any atom is -0.394 e. The summed E-state index contributed by atoms with van der Waals surface area (Å²) in [6.45, 7) is 4.19. The first-order chi connectivity index (χ1) is 9.99. The van der Waals surface area contributed by atoms with E-state index in [1.165, 1.54) is 6.20 Å². The van der Waals surface area contributed by atoms with Gasteiger partial charge < -0.3 is 15.7 Å². The molecule has 1 rings (SSSR count). The molecule has 118 valence electrons. The van der Waals surface area contributed by atoms with Crippen molar-refractivity contribution in [3.05, 3.63) is 21.6 Å². The Morgan fingerprint density at radius 1 is 1.57 bits per heavy atom. The van der Waals surface area contributed by atoms with Crippen molar-refractivity contribution < 1.29 is 9.90 Å². The van der Waals surface area contributed by atoms with Crippen LogP contribution in [0.1, 0.15) is 26.7 Å². The van der Waals surface area contributed by atoms with Crippen molar-refractivity contribution in [1.29, 1.82) is 0 Å². The van der Waals surface area contributed by atoms with Gasteiger partial charge in [-0.3, -0.25) is 9.59 Å². The molecule has 1 amide bonds. The molecule has 0 saturated carbocycles. The van der Waals surface area contributed by atoms with Crippen LogP contribution in [-0.4, -0.2) is 40.0 Å². The smallest absolute Gasteiger partial charge is 0.287 e. The summed E-state index contributed by atoms with van der Waals surface area (Å²) in [5.74, 6) is -0.0606. The molecule has 0 saturated heterocycles. The number of hydrogen-bond acceptors (Lipinski definition) is 5. The topological polar surface area (TPSA) is 96.2 Å². The number of rotatable bonds is 8. The molecule has 0 aliphatic carbocycles. The molecule has 8 heteroatoms. The van der Waals surface area contributed by atoms with E-state index in [9.17, 15) is 9.59 Å². The number of amides is 1. The number of carbonyl (C=O) groups is 1. The maximum Gasteiger partial charge on any atom is 0.287 e. The summed E-state index contributed by atoms with van der Waals surface area (Å²) in [7, 11) is 0. The summed E-state index contributed by atoms with van der Waals surface area (Å²) < 4.78 is 1.09. The summed E-state index contributed by atoms with van der Waals surface area (Å²) in [4.78, 5) is 23.4. The van der Waals surface area contributed by atoms with Gasteiger partial charge in [-0.15, -0.1) is 0 Å². The number of nitrogens with zero attached hydrogens (tertiary/aromatic N) is 2. The lowest BCUT2D eigenvalue weighted by atomic mass is 10.2. The van der Waals surface area contributed by atoms with Crippen LogP contribution < -0.4 is 16.2 Å². The summed E-state index contributed by atoms with van der Waals surface area (Å²) in [6, 6.07) is 0.144. The van der Waals surface area contributed by atoms with E-state index < -0.39 is 5.56 Å². The van der Waals surface area contributed by atoms with Crippen molar-refractivity contribution in [3.63, 3.8) is 0 Å². The fourth-order valence-electron chi connectivity index (χ4n) is 1.60. The van der Waals surface area contributed by atoms with Gasteiger partial charge >= 0.3 is 0 Å². The van der Waals surface area contributed by atoms with E-state index >= 15 is 0 Å². The van der Waals surface area contributed by atoms with Gasteiger partial charge in [0.1, 0.15) is 5.02 Å². The van der Waals surface area contributed by atoms with E-state index in [0.717, 1.165) is 11.1 Å². The van der Waals surface area contributed by atoms with E-state index in [0.29, 0.717) is 12.2 Å². The number of halogens is 1. The molecule has 0 spiro atoms. The lowest BCUT2D eigenvalue weighted by Crippen LogP contribution is -2.33. The molecule has 0 aromatic carbocycles. The molecule has 21 heavy (non-hydrogen) atoms. The average molecular weight is 317 g/mol. The Labute approximate surface area is 128 Å². The minimum atomic E-state index is -0.472. The Hall–Kier alpha value is -1.60. The summed E-state index contributed by atoms with van der Waals surface area (Å²) in [5.41, 5.74) is -0.0908. The minimum absolute atomic E-state index is 0.000726. The van der Waals surface area contributed by atoms with Crippen LogP contribution >= 0.6 is 11.6 Å². The van der Waals surface area contributed by atoms with Crippen LogP contribution in [0.25, 0.3) is 0 Å². The third-order valence-corrected chi connectivity index (χ3v) is 3.35. The molecule has 1 heterocycles. The molecule has 3 N–H and O–H groups in total. The predicted molar refractivity (Wildman–Crippen MR) is 81.6 cm³/mol. The van der Waals surface area contributed by atoms with Crippen LogP contribution in [-0.2, 0) is 11.3 Å². The molecule has 0 fully saturated rings. The van der Waals surface area contributed by atoms with Crippen molar-refractivity contribution in [2.24, 2.45) is 0 Å². The number of nitrogens with one attached hydrogen (secondary N) is 2. The summed E-state index contributed by atoms with van der Waals surface area (Å²) in [6.07, 6.45) is 2.56. The highest BCUT2D eigenvalue weighted by atomic mass is 35.5. The van der Waals surface area contributed by atoms with Gasteiger partial charge in [0.05, 0.1) is 25.0 Å². The number of aromatic nitrogens is 2. The third kappa shape index (κ3) is 5.35. The van der Waals surface area contributed by atoms with Gasteiger partial charge in [-0.2, -0.15) is 5.10 Å². The maximum absolute atomic E-state index is 11.8. The monoisotopic (exact) mass is 316 g/mol. The van der Waals surface area contributed by atoms with Crippen molar-refractivity contribution in [2.75, 3.05) is 18.5 Å². The van der Waals surface area contributed by atoms with Gasteiger partial charge in [0.2, 0.25) is 5.91 Å². The first-order valence-electron chi connectivity index (χ1n) is 6.89. The van der Waals surface area contributed by atoms with Crippen molar-refractivity contribution in [1.82, 2.24) is 15.1 Å². The number of aliphatic hydroxyl groups excluding tert-OH is 1. The van der Waals surface area contributed by atoms with Crippen LogP contribution in [0.15, 0.2) is 11.0 Å². The fraction of sp³-hybridized carbons (Fsp3) is 0.615. The van der Waals surface area contributed by atoms with Gasteiger partial charge in [0.15, 0.2) is 0 Å². The van der Waals surface area contributed by atoms with Gasteiger partial charge in [-0.05, 0) is 13.3 Å². The highest BCUT2D eigenvalue weighted by Crippen LogP contribution is 2.14. The molecule has 1 aromatic rings. The second-order valence-electron chi connectivity index (χ2n) is 4.68. The standard InChI is InChI=1S/C13H21ClN4O3/c1-3-9(2)17-11(20)4-5-15-10-8-16-18(6-7-19)13(21)12(10)14/h8-9,15,19H,3-7H2,1-2H3,(H,17,20). The zero-order chi connectivity index (χ0) is 15.8. The zero-order valence-electron chi connectivity index (χ0n) is 12.2. The van der Waals surface area contributed by atoms with Crippen LogP contribution in [0.5, 0.6) is 0 Å². The average Bonchev–Trinajstić information content (AvgIpc) is 2.46. The quantitative estimate of drug-likeness (QED) is 0.653. The van der Waals surface area contributed by atoms with Gasteiger partial charge in [-0.1, -0.05) is 18.5 Å². The van der Waals surface area contributed by atoms with E-state index in [2.05, 4.69) is 15.7 Å². The Morgan fingerprint density at radius 3 is 2.90 bits per heavy atom. The molecule has 7 nitrogen and oxygen atoms in total. The van der Waals surface area contributed by atoms with Crippen LogP contribution in [0.4, 0.5) is 5.69 Å². The Balaban J connectivity index is 2.55. The lowest BCUT2D eigenvalue weighted by molar-refractivity contribution is -0.121. The Morgan fingerprint density at radius 2 is 2.29 bits per heavy atom. The molecule has 0 aliphatic heterocycles. The normalized spacial score (nSPS) is 12.0. The van der Waals surface area contributed by atoms with E-state index in [-0.39, 0.29) is 36.5 Å². The summed E-state index contributed by atoms with van der Waals surface area (Å²) in [5, 5.41) is 18.4. The maximum atomic E-state index is 11.8. The van der Waals surface area contributed by atoms with Crippen LogP contribution in [0.2, 0.25) is 5.02 Å². The van der Waals surface area contributed by atoms with Gasteiger partial charge in [0, 0.05) is 19.0 Å². The molecule has 0 aliphatic rings.